The minimum Gasteiger partial charge on any atom is -0.379 e. The quantitative estimate of drug-likeness (QED) is 0.517. The standard InChI is InChI=1S/C21H13N3O2S/c25-20-13-8-4-5-9-14(13)21(26)17-15(20)10-16(18-19(17)24-27-23-18)22-11-12-6-2-1-3-7-12/h1-10,22H,11H2. The Morgan fingerprint density at radius 2 is 1.44 bits per heavy atom. The number of anilines is 1. The van der Waals surface area contributed by atoms with Crippen molar-refractivity contribution in [2.75, 3.05) is 5.32 Å². The van der Waals surface area contributed by atoms with Crippen molar-refractivity contribution in [3.8, 4) is 0 Å². The van der Waals surface area contributed by atoms with Gasteiger partial charge in [0, 0.05) is 23.2 Å². The maximum Gasteiger partial charge on any atom is 0.196 e. The molecule has 0 bridgehead atoms. The number of carbonyl (C=O) groups is 2. The van der Waals surface area contributed by atoms with E-state index in [2.05, 4.69) is 14.1 Å². The summed E-state index contributed by atoms with van der Waals surface area (Å²) in [4.78, 5) is 26.0. The Labute approximate surface area is 159 Å². The lowest BCUT2D eigenvalue weighted by Crippen LogP contribution is -2.21. The maximum atomic E-state index is 13.0. The summed E-state index contributed by atoms with van der Waals surface area (Å²) >= 11 is 1.04. The first-order valence-electron chi connectivity index (χ1n) is 8.49. The van der Waals surface area contributed by atoms with Gasteiger partial charge in [0.05, 0.1) is 23.0 Å². The van der Waals surface area contributed by atoms with E-state index in [1.54, 1.807) is 30.3 Å². The van der Waals surface area contributed by atoms with Crippen LogP contribution >= 0.6 is 11.7 Å². The normalized spacial score (nSPS) is 12.7. The van der Waals surface area contributed by atoms with Crippen LogP contribution in [0.3, 0.4) is 0 Å². The Kier molecular flexibility index (Phi) is 3.58. The highest BCUT2D eigenvalue weighted by atomic mass is 32.1. The van der Waals surface area contributed by atoms with Gasteiger partial charge in [-0.1, -0.05) is 54.6 Å². The van der Waals surface area contributed by atoms with E-state index in [0.717, 1.165) is 17.3 Å². The monoisotopic (exact) mass is 371 g/mol. The summed E-state index contributed by atoms with van der Waals surface area (Å²) in [5.41, 5.74) is 4.53. The number of nitrogens with zero attached hydrogens (tertiary/aromatic N) is 2. The zero-order chi connectivity index (χ0) is 18.4. The second kappa shape index (κ2) is 6.10. The van der Waals surface area contributed by atoms with Gasteiger partial charge in [-0.3, -0.25) is 9.59 Å². The Bertz CT molecular complexity index is 1210. The second-order valence-corrected chi connectivity index (χ2v) is 6.88. The van der Waals surface area contributed by atoms with Crippen molar-refractivity contribution in [3.63, 3.8) is 0 Å². The van der Waals surface area contributed by atoms with Crippen molar-refractivity contribution in [2.24, 2.45) is 0 Å². The lowest BCUT2D eigenvalue weighted by Gasteiger charge is -2.19. The van der Waals surface area contributed by atoms with Crippen molar-refractivity contribution in [1.29, 1.82) is 0 Å². The molecule has 0 saturated carbocycles. The van der Waals surface area contributed by atoms with Crippen LogP contribution < -0.4 is 5.32 Å². The summed E-state index contributed by atoms with van der Waals surface area (Å²) in [6.45, 7) is 0.588. The largest absolute Gasteiger partial charge is 0.379 e. The fourth-order valence-electron chi connectivity index (χ4n) is 3.44. The molecular weight excluding hydrogens is 358 g/mol. The van der Waals surface area contributed by atoms with E-state index in [1.165, 1.54) is 0 Å². The van der Waals surface area contributed by atoms with Gasteiger partial charge < -0.3 is 5.32 Å². The van der Waals surface area contributed by atoms with Gasteiger partial charge in [-0.2, -0.15) is 8.75 Å². The van der Waals surface area contributed by atoms with Gasteiger partial charge in [-0.25, -0.2) is 0 Å². The number of carbonyl (C=O) groups excluding carboxylic acids is 2. The third-order valence-electron chi connectivity index (χ3n) is 4.75. The molecule has 130 valence electrons. The Hall–Kier alpha value is -3.38. The van der Waals surface area contributed by atoms with Crippen LogP contribution in [0.4, 0.5) is 5.69 Å². The summed E-state index contributed by atoms with van der Waals surface area (Å²) in [5.74, 6) is -0.328. The van der Waals surface area contributed by atoms with Gasteiger partial charge in [-0.05, 0) is 11.6 Å². The Balaban J connectivity index is 1.65. The number of aromatic nitrogens is 2. The number of ketones is 2. The molecule has 0 fully saturated rings. The average molecular weight is 371 g/mol. The summed E-state index contributed by atoms with van der Waals surface area (Å²) in [6.07, 6.45) is 0. The van der Waals surface area contributed by atoms with E-state index >= 15 is 0 Å². The highest BCUT2D eigenvalue weighted by molar-refractivity contribution is 7.00. The zero-order valence-electron chi connectivity index (χ0n) is 14.1. The first-order chi connectivity index (χ1) is 13.2. The van der Waals surface area contributed by atoms with E-state index in [9.17, 15) is 9.59 Å². The highest BCUT2D eigenvalue weighted by Gasteiger charge is 2.33. The van der Waals surface area contributed by atoms with Crippen LogP contribution in [-0.4, -0.2) is 20.3 Å². The van der Waals surface area contributed by atoms with E-state index in [-0.39, 0.29) is 11.6 Å². The van der Waals surface area contributed by atoms with E-state index in [0.29, 0.717) is 45.5 Å². The first-order valence-corrected chi connectivity index (χ1v) is 9.22. The van der Waals surface area contributed by atoms with Crippen molar-refractivity contribution in [3.05, 3.63) is 88.5 Å². The molecule has 3 aromatic carbocycles. The summed E-state index contributed by atoms with van der Waals surface area (Å²) in [7, 11) is 0. The molecule has 0 radical (unpaired) electrons. The Morgan fingerprint density at radius 3 is 2.22 bits per heavy atom. The number of hydrogen-bond acceptors (Lipinski definition) is 6. The fourth-order valence-corrected chi connectivity index (χ4v) is 4.00. The molecule has 0 amide bonds. The van der Waals surface area contributed by atoms with Crippen LogP contribution in [0.2, 0.25) is 0 Å². The van der Waals surface area contributed by atoms with Crippen LogP contribution in [0.15, 0.2) is 60.7 Å². The zero-order valence-corrected chi connectivity index (χ0v) is 14.9. The van der Waals surface area contributed by atoms with Crippen LogP contribution in [0.25, 0.3) is 11.0 Å². The van der Waals surface area contributed by atoms with Gasteiger partial charge in [0.15, 0.2) is 11.6 Å². The molecule has 5 nitrogen and oxygen atoms in total. The molecule has 6 heteroatoms. The predicted octanol–water partition coefficient (Wildman–Crippen LogP) is 4.08. The number of benzene rings is 3. The van der Waals surface area contributed by atoms with Gasteiger partial charge >= 0.3 is 0 Å². The fraction of sp³-hybridized carbons (Fsp3) is 0.0476. The van der Waals surface area contributed by atoms with Gasteiger partial charge in [0.2, 0.25) is 0 Å². The van der Waals surface area contributed by atoms with Crippen LogP contribution in [0, 0.1) is 0 Å². The van der Waals surface area contributed by atoms with Crippen LogP contribution in [-0.2, 0) is 6.54 Å². The van der Waals surface area contributed by atoms with Gasteiger partial charge in [0.25, 0.3) is 0 Å². The molecule has 0 atom stereocenters. The van der Waals surface area contributed by atoms with E-state index < -0.39 is 0 Å². The minimum atomic E-state index is -0.174. The molecule has 1 N–H and O–H groups in total. The predicted molar refractivity (Wildman–Crippen MR) is 104 cm³/mol. The van der Waals surface area contributed by atoms with Crippen molar-refractivity contribution in [2.45, 2.75) is 6.54 Å². The molecule has 0 unspecified atom stereocenters. The molecule has 1 heterocycles. The number of fused-ring (bicyclic) bond motifs is 4. The number of rotatable bonds is 3. The lowest BCUT2D eigenvalue weighted by molar-refractivity contribution is 0.0980. The second-order valence-electron chi connectivity index (χ2n) is 6.35. The number of hydrogen-bond donors (Lipinski definition) is 1. The summed E-state index contributed by atoms with van der Waals surface area (Å²) in [5, 5.41) is 3.34. The SMILES string of the molecule is O=C1c2ccccc2C(=O)c2c1cc(NCc1ccccc1)c1nsnc21. The van der Waals surface area contributed by atoms with Crippen molar-refractivity contribution in [1.82, 2.24) is 8.75 Å². The molecule has 27 heavy (non-hydrogen) atoms. The first kappa shape index (κ1) is 15.8. The van der Waals surface area contributed by atoms with Gasteiger partial charge in [0.1, 0.15) is 11.0 Å². The van der Waals surface area contributed by atoms with E-state index in [4.69, 9.17) is 0 Å². The summed E-state index contributed by atoms with van der Waals surface area (Å²) in [6, 6.07) is 18.6. The van der Waals surface area contributed by atoms with E-state index in [1.807, 2.05) is 30.3 Å². The topological polar surface area (TPSA) is 72.0 Å². The molecule has 5 rings (SSSR count). The van der Waals surface area contributed by atoms with Gasteiger partial charge in [-0.15, -0.1) is 0 Å². The smallest absolute Gasteiger partial charge is 0.196 e. The Morgan fingerprint density at radius 1 is 0.778 bits per heavy atom. The molecule has 0 saturated heterocycles. The van der Waals surface area contributed by atoms with Crippen molar-refractivity contribution < 1.29 is 9.59 Å². The molecule has 0 spiro atoms. The molecule has 1 aromatic heterocycles. The minimum absolute atomic E-state index is 0.155. The molecule has 1 aliphatic carbocycles. The maximum absolute atomic E-state index is 13.0. The molecule has 0 aliphatic heterocycles. The third kappa shape index (κ3) is 2.45. The summed E-state index contributed by atoms with van der Waals surface area (Å²) < 4.78 is 8.68. The van der Waals surface area contributed by atoms with Crippen LogP contribution in [0.1, 0.15) is 37.4 Å². The number of nitrogens with one attached hydrogen (secondary N) is 1. The average Bonchev–Trinajstić information content (AvgIpc) is 3.20. The molecule has 4 aromatic rings. The highest BCUT2D eigenvalue weighted by Crippen LogP contribution is 2.35. The molecule has 1 aliphatic rings. The van der Waals surface area contributed by atoms with Crippen LogP contribution in [0.5, 0.6) is 0 Å². The van der Waals surface area contributed by atoms with Crippen molar-refractivity contribution >= 4 is 40.0 Å². The molecular formula is C21H13N3O2S. The third-order valence-corrected chi connectivity index (χ3v) is 5.28. The lowest BCUT2D eigenvalue weighted by atomic mass is 9.83.